The van der Waals surface area contributed by atoms with Gasteiger partial charge in [0.05, 0.1) is 38.7 Å². The van der Waals surface area contributed by atoms with E-state index in [-0.39, 0.29) is 32.1 Å². The summed E-state index contributed by atoms with van der Waals surface area (Å²) >= 11 is 0. The monoisotopic (exact) mass is 554 g/mol. The lowest BCUT2D eigenvalue weighted by Gasteiger charge is -2.41. The van der Waals surface area contributed by atoms with Gasteiger partial charge in [0.15, 0.2) is 11.5 Å². The summed E-state index contributed by atoms with van der Waals surface area (Å²) in [5, 5.41) is 33.6. The van der Waals surface area contributed by atoms with Gasteiger partial charge in [0.1, 0.15) is 12.2 Å². The Labute approximate surface area is 234 Å². The van der Waals surface area contributed by atoms with Crippen molar-refractivity contribution < 1.29 is 39.1 Å². The predicted molar refractivity (Wildman–Crippen MR) is 147 cm³/mol. The van der Waals surface area contributed by atoms with E-state index < -0.39 is 30.1 Å². The fourth-order valence-corrected chi connectivity index (χ4v) is 5.41. The maximum atomic E-state index is 13.7. The van der Waals surface area contributed by atoms with Crippen LogP contribution in [0.3, 0.4) is 0 Å². The van der Waals surface area contributed by atoms with E-state index in [1.165, 1.54) is 7.11 Å². The van der Waals surface area contributed by atoms with Crippen molar-refractivity contribution in [3.63, 3.8) is 0 Å². The molecule has 0 spiro atoms. The van der Waals surface area contributed by atoms with Crippen LogP contribution in [-0.4, -0.2) is 90.3 Å². The maximum Gasteiger partial charge on any atom is 0.247 e. The van der Waals surface area contributed by atoms with Gasteiger partial charge in [0.25, 0.3) is 0 Å². The van der Waals surface area contributed by atoms with Crippen molar-refractivity contribution in [2.75, 3.05) is 40.0 Å². The summed E-state index contributed by atoms with van der Waals surface area (Å²) in [6.45, 7) is 2.74. The van der Waals surface area contributed by atoms with Gasteiger partial charge in [-0.25, -0.2) is 0 Å². The third-order valence-electron chi connectivity index (χ3n) is 7.27. The van der Waals surface area contributed by atoms with Crippen LogP contribution < -0.4 is 14.8 Å². The number of hydrogen-bond acceptors (Lipinski definition) is 8. The number of nitrogens with one attached hydrogen (secondary N) is 1. The largest absolute Gasteiger partial charge is 0.493 e. The number of ether oxygens (including phenoxy) is 3. The SMILES string of the molecule is CCOCCCN(C(=O)Cc1ccccc1)C1C=C(C(=O)NCCO)C2c3cc(CO)cc(OC)c3OC2C1O. The lowest BCUT2D eigenvalue weighted by atomic mass is 9.77. The summed E-state index contributed by atoms with van der Waals surface area (Å²) < 4.78 is 17.3. The highest BCUT2D eigenvalue weighted by Crippen LogP contribution is 2.51. The third kappa shape index (κ3) is 6.31. The van der Waals surface area contributed by atoms with Crippen LogP contribution in [0.1, 0.15) is 36.0 Å². The molecule has 0 fully saturated rings. The first-order chi connectivity index (χ1) is 19.4. The molecule has 4 atom stereocenters. The molecule has 4 N–H and O–H groups in total. The van der Waals surface area contributed by atoms with Crippen LogP contribution in [0.2, 0.25) is 0 Å². The van der Waals surface area contributed by atoms with E-state index in [0.717, 1.165) is 5.56 Å². The molecule has 0 saturated heterocycles. The van der Waals surface area contributed by atoms with Crippen molar-refractivity contribution in [2.24, 2.45) is 0 Å². The molecule has 40 heavy (non-hydrogen) atoms. The van der Waals surface area contributed by atoms with Crippen molar-refractivity contribution >= 4 is 11.8 Å². The molecular weight excluding hydrogens is 516 g/mol. The lowest BCUT2D eigenvalue weighted by Crippen LogP contribution is -2.56. The normalized spacial score (nSPS) is 21.1. The minimum Gasteiger partial charge on any atom is -0.493 e. The summed E-state index contributed by atoms with van der Waals surface area (Å²) in [7, 11) is 1.48. The molecule has 2 aromatic rings. The molecule has 216 valence electrons. The average Bonchev–Trinajstić information content (AvgIpc) is 3.36. The molecule has 1 aliphatic carbocycles. The molecule has 10 heteroatoms. The van der Waals surface area contributed by atoms with Crippen LogP contribution >= 0.6 is 0 Å². The van der Waals surface area contributed by atoms with Crippen LogP contribution in [0.15, 0.2) is 54.1 Å². The molecule has 4 rings (SSSR count). The van der Waals surface area contributed by atoms with E-state index >= 15 is 0 Å². The summed E-state index contributed by atoms with van der Waals surface area (Å²) in [4.78, 5) is 28.7. The van der Waals surface area contributed by atoms with Crippen LogP contribution in [0.5, 0.6) is 11.5 Å². The van der Waals surface area contributed by atoms with Crippen LogP contribution in [0.4, 0.5) is 0 Å². The van der Waals surface area contributed by atoms with Gasteiger partial charge in [-0.1, -0.05) is 30.3 Å². The highest BCUT2D eigenvalue weighted by atomic mass is 16.5. The molecule has 0 radical (unpaired) electrons. The number of nitrogens with zero attached hydrogens (tertiary/aromatic N) is 1. The summed E-state index contributed by atoms with van der Waals surface area (Å²) in [5.74, 6) is -0.546. The Hall–Kier alpha value is -3.44. The molecule has 0 bridgehead atoms. The Morgan fingerprint density at radius 1 is 1.12 bits per heavy atom. The van der Waals surface area contributed by atoms with Crippen molar-refractivity contribution in [2.45, 2.75) is 50.5 Å². The van der Waals surface area contributed by atoms with Gasteiger partial charge in [-0.2, -0.15) is 0 Å². The minimum atomic E-state index is -1.17. The van der Waals surface area contributed by atoms with Gasteiger partial charge in [-0.15, -0.1) is 0 Å². The molecule has 10 nitrogen and oxygen atoms in total. The second kappa shape index (κ2) is 13.8. The van der Waals surface area contributed by atoms with Crippen molar-refractivity contribution in [1.82, 2.24) is 10.2 Å². The standard InChI is InChI=1S/C30H38N2O8/c1-3-39-13-7-11-32(25(35)16-19-8-5-4-6-9-19)23-17-22(30(37)31-10-12-33)26-21-14-20(18-34)15-24(38-2)28(21)40-29(26)27(23)36/h4-6,8-9,14-15,17,23,26-27,29,33-34,36H,3,7,10-13,16,18H2,1-2H3,(H,31,37). The van der Waals surface area contributed by atoms with Crippen molar-refractivity contribution in [3.8, 4) is 11.5 Å². The van der Waals surface area contributed by atoms with E-state index in [0.29, 0.717) is 54.4 Å². The van der Waals surface area contributed by atoms with Gasteiger partial charge >= 0.3 is 0 Å². The maximum absolute atomic E-state index is 13.7. The van der Waals surface area contributed by atoms with Gasteiger partial charge < -0.3 is 39.7 Å². The molecular formula is C30H38N2O8. The van der Waals surface area contributed by atoms with Crippen molar-refractivity contribution in [3.05, 3.63) is 70.8 Å². The van der Waals surface area contributed by atoms with Gasteiger partial charge in [-0.05, 0) is 42.7 Å². The quantitative estimate of drug-likeness (QED) is 0.272. The Morgan fingerprint density at radius 2 is 1.90 bits per heavy atom. The predicted octanol–water partition coefficient (Wildman–Crippen LogP) is 1.31. The summed E-state index contributed by atoms with van der Waals surface area (Å²) in [5.41, 5.74) is 2.32. The Morgan fingerprint density at radius 3 is 2.58 bits per heavy atom. The molecule has 2 aliphatic rings. The number of amides is 2. The number of carbonyl (C=O) groups excluding carboxylic acids is 2. The highest BCUT2D eigenvalue weighted by Gasteiger charge is 2.51. The number of carbonyl (C=O) groups is 2. The first kappa shape index (κ1) is 29.5. The molecule has 1 aliphatic heterocycles. The Kier molecular flexibility index (Phi) is 10.2. The van der Waals surface area contributed by atoms with E-state index in [4.69, 9.17) is 14.2 Å². The molecule has 4 unspecified atom stereocenters. The van der Waals surface area contributed by atoms with Crippen molar-refractivity contribution in [1.29, 1.82) is 0 Å². The number of fused-ring (bicyclic) bond motifs is 3. The van der Waals surface area contributed by atoms with E-state index in [1.54, 1.807) is 23.1 Å². The first-order valence-electron chi connectivity index (χ1n) is 13.6. The van der Waals surface area contributed by atoms with Crippen LogP contribution in [-0.2, 0) is 27.4 Å². The number of benzene rings is 2. The number of hydrogen-bond donors (Lipinski definition) is 4. The fraction of sp³-hybridized carbons (Fsp3) is 0.467. The zero-order chi connectivity index (χ0) is 28.6. The second-order valence-electron chi connectivity index (χ2n) is 9.82. The zero-order valence-electron chi connectivity index (χ0n) is 22.9. The minimum absolute atomic E-state index is 0.0412. The topological polar surface area (TPSA) is 138 Å². The van der Waals surface area contributed by atoms with E-state index in [2.05, 4.69) is 5.32 Å². The van der Waals surface area contributed by atoms with Gasteiger partial charge in [0, 0.05) is 37.4 Å². The number of aliphatic hydroxyl groups is 3. The third-order valence-corrected chi connectivity index (χ3v) is 7.27. The van der Waals surface area contributed by atoms with E-state index in [1.807, 2.05) is 37.3 Å². The first-order valence-corrected chi connectivity index (χ1v) is 13.6. The number of rotatable bonds is 13. The summed E-state index contributed by atoms with van der Waals surface area (Å²) in [6.07, 6.45) is 0.253. The smallest absolute Gasteiger partial charge is 0.247 e. The number of aliphatic hydroxyl groups excluding tert-OH is 3. The fourth-order valence-electron chi connectivity index (χ4n) is 5.41. The zero-order valence-corrected chi connectivity index (χ0v) is 22.9. The molecule has 1 heterocycles. The van der Waals surface area contributed by atoms with Crippen LogP contribution in [0, 0.1) is 0 Å². The summed E-state index contributed by atoms with van der Waals surface area (Å²) in [6, 6.07) is 11.9. The second-order valence-corrected chi connectivity index (χ2v) is 9.82. The molecule has 2 amide bonds. The molecule has 0 saturated carbocycles. The lowest BCUT2D eigenvalue weighted by molar-refractivity contribution is -0.136. The molecule has 2 aromatic carbocycles. The van der Waals surface area contributed by atoms with Gasteiger partial charge in [-0.3, -0.25) is 9.59 Å². The van der Waals surface area contributed by atoms with Gasteiger partial charge in [0.2, 0.25) is 11.8 Å². The average molecular weight is 555 g/mol. The van der Waals surface area contributed by atoms with E-state index in [9.17, 15) is 24.9 Å². The highest BCUT2D eigenvalue weighted by molar-refractivity contribution is 5.96. The number of methoxy groups -OCH3 is 1. The molecule has 0 aromatic heterocycles. The van der Waals surface area contributed by atoms with Crippen LogP contribution in [0.25, 0.3) is 0 Å². The Bertz CT molecular complexity index is 1200. The Balaban J connectivity index is 1.75.